The topological polar surface area (TPSA) is 55.4 Å². The number of fused-ring (bicyclic) bond motifs is 1. The van der Waals surface area contributed by atoms with E-state index in [2.05, 4.69) is 21.5 Å². The van der Waals surface area contributed by atoms with Gasteiger partial charge in [-0.3, -0.25) is 4.79 Å². The molecule has 0 spiro atoms. The first-order valence-electron chi connectivity index (χ1n) is 8.92. The second-order valence-corrected chi connectivity index (χ2v) is 6.75. The van der Waals surface area contributed by atoms with Crippen LogP contribution in [0.3, 0.4) is 0 Å². The Balaban J connectivity index is 1.56. The number of rotatable bonds is 3. The lowest BCUT2D eigenvalue weighted by Gasteiger charge is -2.33. The Kier molecular flexibility index (Phi) is 4.03. The molecule has 130 valence electrons. The maximum atomic E-state index is 12.9. The lowest BCUT2D eigenvalue weighted by atomic mass is 10.0. The van der Waals surface area contributed by atoms with E-state index in [1.165, 1.54) is 0 Å². The summed E-state index contributed by atoms with van der Waals surface area (Å²) in [6, 6.07) is 4.31. The van der Waals surface area contributed by atoms with Gasteiger partial charge in [-0.05, 0) is 37.5 Å². The number of carbonyl (C=O) groups excluding carboxylic acids is 1. The first-order chi connectivity index (χ1) is 12.2. The molecule has 6 heteroatoms. The highest BCUT2D eigenvalue weighted by atomic mass is 16.2. The van der Waals surface area contributed by atoms with Gasteiger partial charge in [-0.1, -0.05) is 6.92 Å². The summed E-state index contributed by atoms with van der Waals surface area (Å²) in [6.45, 7) is 5.65. The predicted octanol–water partition coefficient (Wildman–Crippen LogP) is 2.88. The fourth-order valence-corrected chi connectivity index (χ4v) is 3.67. The third kappa shape index (κ3) is 2.92. The molecule has 1 aliphatic heterocycles. The number of hydrogen-bond acceptors (Lipinski definition) is 3. The zero-order valence-corrected chi connectivity index (χ0v) is 14.7. The van der Waals surface area contributed by atoms with Crippen LogP contribution in [0.1, 0.15) is 47.7 Å². The lowest BCUT2D eigenvalue weighted by molar-refractivity contribution is 0.0672. The second-order valence-electron chi connectivity index (χ2n) is 6.75. The molecule has 6 nitrogen and oxygen atoms in total. The van der Waals surface area contributed by atoms with Gasteiger partial charge in [0.15, 0.2) is 0 Å². The molecule has 0 radical (unpaired) electrons. The third-order valence-electron chi connectivity index (χ3n) is 4.98. The van der Waals surface area contributed by atoms with E-state index in [1.54, 1.807) is 0 Å². The first-order valence-corrected chi connectivity index (χ1v) is 8.92. The van der Waals surface area contributed by atoms with Crippen LogP contribution in [0.15, 0.2) is 36.9 Å². The van der Waals surface area contributed by atoms with E-state index in [9.17, 15) is 4.79 Å². The Bertz CT molecular complexity index is 910. The number of amides is 1. The van der Waals surface area contributed by atoms with E-state index < -0.39 is 0 Å². The zero-order chi connectivity index (χ0) is 17.4. The van der Waals surface area contributed by atoms with Crippen molar-refractivity contribution in [2.75, 3.05) is 13.1 Å². The normalized spacial score (nSPS) is 18.0. The van der Waals surface area contributed by atoms with Gasteiger partial charge in [0, 0.05) is 44.3 Å². The lowest BCUT2D eigenvalue weighted by Crippen LogP contribution is -2.41. The molecule has 25 heavy (non-hydrogen) atoms. The van der Waals surface area contributed by atoms with Gasteiger partial charge >= 0.3 is 0 Å². The fraction of sp³-hybridized carbons (Fsp3) is 0.421. The molecule has 4 heterocycles. The molecule has 3 aromatic heterocycles. The minimum absolute atomic E-state index is 0.0178. The van der Waals surface area contributed by atoms with Crippen LogP contribution >= 0.6 is 0 Å². The first kappa shape index (κ1) is 15.9. The van der Waals surface area contributed by atoms with Gasteiger partial charge in [-0.15, -0.1) is 0 Å². The molecule has 0 unspecified atom stereocenters. The summed E-state index contributed by atoms with van der Waals surface area (Å²) in [7, 11) is 0. The molecule has 1 amide bonds. The summed E-state index contributed by atoms with van der Waals surface area (Å²) in [5, 5.41) is 0. The predicted molar refractivity (Wildman–Crippen MR) is 95.7 cm³/mol. The summed E-state index contributed by atoms with van der Waals surface area (Å²) in [5.74, 6) is 1.10. The number of nitrogens with zero attached hydrogens (tertiary/aromatic N) is 5. The van der Waals surface area contributed by atoms with Crippen molar-refractivity contribution in [1.29, 1.82) is 0 Å². The molecular formula is C19H23N5O. The molecule has 3 aromatic rings. The molecule has 1 aliphatic rings. The van der Waals surface area contributed by atoms with E-state index in [0.29, 0.717) is 11.7 Å². The molecule has 1 saturated heterocycles. The highest BCUT2D eigenvalue weighted by molar-refractivity contribution is 5.93. The van der Waals surface area contributed by atoms with E-state index in [-0.39, 0.29) is 5.91 Å². The Hall–Kier alpha value is -2.63. The number of imidazole rings is 2. The number of carbonyl (C=O) groups is 1. The van der Waals surface area contributed by atoms with Gasteiger partial charge in [0.1, 0.15) is 17.2 Å². The van der Waals surface area contributed by atoms with Gasteiger partial charge in [0.2, 0.25) is 0 Å². The Morgan fingerprint density at radius 2 is 2.24 bits per heavy atom. The molecular weight excluding hydrogens is 314 g/mol. The average Bonchev–Trinajstić information content (AvgIpc) is 3.27. The van der Waals surface area contributed by atoms with E-state index in [4.69, 9.17) is 0 Å². The maximum absolute atomic E-state index is 12.9. The molecule has 0 N–H and O–H groups in total. The SMILES string of the molecule is CCc1nccn1[C@@H]1CCCN(C(=O)c2cn3ccc(C)cc3n2)C1. The number of aryl methyl sites for hydroxylation is 2. The number of piperidine rings is 1. The largest absolute Gasteiger partial charge is 0.335 e. The number of aromatic nitrogens is 4. The van der Waals surface area contributed by atoms with E-state index in [1.807, 2.05) is 53.1 Å². The zero-order valence-electron chi connectivity index (χ0n) is 14.7. The van der Waals surface area contributed by atoms with Crippen molar-refractivity contribution in [2.24, 2.45) is 0 Å². The Morgan fingerprint density at radius 1 is 1.36 bits per heavy atom. The van der Waals surface area contributed by atoms with Crippen LogP contribution in [0.2, 0.25) is 0 Å². The van der Waals surface area contributed by atoms with E-state index >= 15 is 0 Å². The van der Waals surface area contributed by atoms with Crippen molar-refractivity contribution in [3.8, 4) is 0 Å². The van der Waals surface area contributed by atoms with Crippen molar-refractivity contribution in [1.82, 2.24) is 23.8 Å². The minimum atomic E-state index is 0.0178. The summed E-state index contributed by atoms with van der Waals surface area (Å²) >= 11 is 0. The minimum Gasteiger partial charge on any atom is -0.335 e. The second kappa shape index (κ2) is 6.35. The number of hydrogen-bond donors (Lipinski definition) is 0. The van der Waals surface area contributed by atoms with E-state index in [0.717, 1.165) is 49.4 Å². The van der Waals surface area contributed by atoms with Crippen molar-refractivity contribution >= 4 is 11.6 Å². The Labute approximate surface area is 147 Å². The summed E-state index contributed by atoms with van der Waals surface area (Å²) in [4.78, 5) is 23.8. The van der Waals surface area contributed by atoms with Gasteiger partial charge < -0.3 is 13.9 Å². The highest BCUT2D eigenvalue weighted by Crippen LogP contribution is 2.24. The molecule has 0 bridgehead atoms. The van der Waals surface area contributed by atoms with Crippen molar-refractivity contribution < 1.29 is 4.79 Å². The summed E-state index contributed by atoms with van der Waals surface area (Å²) in [6.07, 6.45) is 10.7. The van der Waals surface area contributed by atoms with Crippen LogP contribution in [-0.2, 0) is 6.42 Å². The van der Waals surface area contributed by atoms with Gasteiger partial charge in [-0.25, -0.2) is 9.97 Å². The number of pyridine rings is 1. The molecule has 0 saturated carbocycles. The standard InChI is InChI=1S/C19H23N5O/c1-3-17-20-7-10-24(17)15-5-4-8-23(12-15)19(25)16-13-22-9-6-14(2)11-18(22)21-16/h6-7,9-11,13,15H,3-5,8,12H2,1-2H3/t15-/m1/s1. The van der Waals surface area contributed by atoms with Crippen LogP contribution in [0.25, 0.3) is 5.65 Å². The van der Waals surface area contributed by atoms with Crippen molar-refractivity contribution in [3.05, 3.63) is 54.0 Å². The summed E-state index contributed by atoms with van der Waals surface area (Å²) in [5.41, 5.74) is 2.48. The van der Waals surface area contributed by atoms with Crippen molar-refractivity contribution in [3.63, 3.8) is 0 Å². The summed E-state index contributed by atoms with van der Waals surface area (Å²) < 4.78 is 4.14. The number of likely N-dealkylation sites (tertiary alicyclic amines) is 1. The van der Waals surface area contributed by atoms with Gasteiger partial charge in [-0.2, -0.15) is 0 Å². The van der Waals surface area contributed by atoms with Crippen LogP contribution in [0.4, 0.5) is 0 Å². The highest BCUT2D eigenvalue weighted by Gasteiger charge is 2.27. The van der Waals surface area contributed by atoms with Crippen LogP contribution in [0, 0.1) is 6.92 Å². The van der Waals surface area contributed by atoms with Crippen LogP contribution in [-0.4, -0.2) is 42.8 Å². The molecule has 4 rings (SSSR count). The average molecular weight is 337 g/mol. The molecule has 0 aliphatic carbocycles. The van der Waals surface area contributed by atoms with Crippen LogP contribution in [0.5, 0.6) is 0 Å². The fourth-order valence-electron chi connectivity index (χ4n) is 3.67. The third-order valence-corrected chi connectivity index (χ3v) is 4.98. The maximum Gasteiger partial charge on any atom is 0.274 e. The molecule has 0 aromatic carbocycles. The van der Waals surface area contributed by atoms with Crippen molar-refractivity contribution in [2.45, 2.75) is 39.2 Å². The Morgan fingerprint density at radius 3 is 3.08 bits per heavy atom. The van der Waals surface area contributed by atoms with Gasteiger partial charge in [0.25, 0.3) is 5.91 Å². The van der Waals surface area contributed by atoms with Crippen LogP contribution < -0.4 is 0 Å². The monoisotopic (exact) mass is 337 g/mol. The molecule has 1 fully saturated rings. The quantitative estimate of drug-likeness (QED) is 0.738. The molecule has 1 atom stereocenters. The smallest absolute Gasteiger partial charge is 0.274 e. The van der Waals surface area contributed by atoms with Gasteiger partial charge in [0.05, 0.1) is 6.04 Å².